The largest absolute Gasteiger partial charge is 0.456 e. The van der Waals surface area contributed by atoms with Crippen LogP contribution in [0.5, 0.6) is 11.5 Å². The van der Waals surface area contributed by atoms with Crippen LogP contribution < -0.4 is 9.30 Å². The Bertz CT molecular complexity index is 3130. The van der Waals surface area contributed by atoms with E-state index in [9.17, 15) is 0 Å². The summed E-state index contributed by atoms with van der Waals surface area (Å²) in [5, 5.41) is 2.08. The van der Waals surface area contributed by atoms with E-state index in [4.69, 9.17) is 22.9 Å². The molecule has 0 aliphatic heterocycles. The second-order valence-electron chi connectivity index (χ2n) is 19.2. The summed E-state index contributed by atoms with van der Waals surface area (Å²) in [7, 11) is 0. The van der Waals surface area contributed by atoms with Crippen LogP contribution in [0.1, 0.15) is 119 Å². The lowest BCUT2D eigenvalue weighted by molar-refractivity contribution is -0.572. The van der Waals surface area contributed by atoms with Gasteiger partial charge in [0.1, 0.15) is 17.3 Å². The molecule has 314 valence electrons. The molecule has 0 radical (unpaired) electrons. The highest BCUT2D eigenvalue weighted by Crippen LogP contribution is 2.40. The van der Waals surface area contributed by atoms with Crippen LogP contribution in [0.2, 0.25) is 0 Å². The minimum atomic E-state index is -1.72. The number of hydrogen-bond donors (Lipinski definition) is 0. The van der Waals surface area contributed by atoms with E-state index >= 15 is 0 Å². The van der Waals surface area contributed by atoms with Crippen molar-refractivity contribution in [3.05, 3.63) is 144 Å². The normalized spacial score (nSPS) is 14.7. The first-order valence-electron chi connectivity index (χ1n) is 24.6. The van der Waals surface area contributed by atoms with E-state index in [2.05, 4.69) is 76.7 Å². The SMILES string of the molecule is [2H]C([2H])(c1cc(-[n+]2[c-]n(-c3cnc(C(C)(C)C)c(Oc4ccc5c6cc(C(C)(C)C)ccc6n(-c6cc(C([2H])([2H])C(C)C)ccn6)c5c4)c3)c3ccccc32)cc(C([2H])([2H])C(C)C)c1)C(C)C. The van der Waals surface area contributed by atoms with Gasteiger partial charge in [-0.25, -0.2) is 4.98 Å². The minimum Gasteiger partial charge on any atom is -0.456 e. The highest BCUT2D eigenvalue weighted by atomic mass is 16.5. The Labute approximate surface area is 371 Å². The monoisotopic (exact) mass is 816 g/mol. The van der Waals surface area contributed by atoms with Gasteiger partial charge in [0.15, 0.2) is 0 Å². The Hall–Kier alpha value is -5.75. The number of benzene rings is 4. The van der Waals surface area contributed by atoms with Gasteiger partial charge in [0.05, 0.1) is 39.1 Å². The lowest BCUT2D eigenvalue weighted by Gasteiger charge is -2.22. The Morgan fingerprint density at radius 1 is 0.656 bits per heavy atom. The molecule has 0 amide bonds. The lowest BCUT2D eigenvalue weighted by atomic mass is 9.86. The van der Waals surface area contributed by atoms with Gasteiger partial charge in [0.25, 0.3) is 6.33 Å². The second-order valence-corrected chi connectivity index (χ2v) is 19.2. The number of fused-ring (bicyclic) bond motifs is 4. The van der Waals surface area contributed by atoms with Gasteiger partial charge in [0.2, 0.25) is 0 Å². The molecule has 0 aliphatic rings. The molecule has 0 spiro atoms. The summed E-state index contributed by atoms with van der Waals surface area (Å²) in [5.41, 5.74) is 7.59. The minimum absolute atomic E-state index is 0.0830. The van der Waals surface area contributed by atoms with E-state index in [1.165, 1.54) is 5.56 Å². The molecule has 0 saturated heterocycles. The summed E-state index contributed by atoms with van der Waals surface area (Å²) in [6.07, 6.45) is 2.06. The number of nitrogens with zero attached hydrogens (tertiary/aromatic N) is 5. The fraction of sp³-hybridized carbons (Fsp3) is 0.364. The molecule has 4 heterocycles. The van der Waals surface area contributed by atoms with Crippen LogP contribution in [0.4, 0.5) is 0 Å². The molecular weight excluding hydrogens is 747 g/mol. The Balaban J connectivity index is 1.30. The summed E-state index contributed by atoms with van der Waals surface area (Å²) in [6, 6.07) is 31.4. The molecular formula is C55H63N5O. The van der Waals surface area contributed by atoms with Gasteiger partial charge in [-0.05, 0) is 108 Å². The smallest absolute Gasteiger partial charge is 0.269 e. The van der Waals surface area contributed by atoms with Crippen LogP contribution in [-0.4, -0.2) is 19.1 Å². The molecule has 6 heteroatoms. The van der Waals surface area contributed by atoms with E-state index < -0.39 is 24.5 Å². The summed E-state index contributed by atoms with van der Waals surface area (Å²) in [4.78, 5) is 9.89. The maximum absolute atomic E-state index is 9.06. The Morgan fingerprint density at radius 2 is 1.34 bits per heavy atom. The van der Waals surface area contributed by atoms with Crippen LogP contribution in [-0.2, 0) is 29.9 Å². The van der Waals surface area contributed by atoms with Crippen molar-refractivity contribution in [2.24, 2.45) is 17.8 Å². The van der Waals surface area contributed by atoms with Crippen LogP contribution >= 0.6 is 0 Å². The summed E-state index contributed by atoms with van der Waals surface area (Å²) < 4.78 is 67.0. The van der Waals surface area contributed by atoms with Gasteiger partial charge in [-0.1, -0.05) is 131 Å². The number of hydrogen-bond acceptors (Lipinski definition) is 3. The molecule has 0 N–H and O–H groups in total. The zero-order chi connectivity index (χ0) is 48.8. The van der Waals surface area contributed by atoms with Crippen LogP contribution in [0.15, 0.2) is 109 Å². The molecule has 0 atom stereocenters. The maximum atomic E-state index is 9.06. The van der Waals surface area contributed by atoms with Crippen LogP contribution in [0.25, 0.3) is 50.0 Å². The molecule has 6 nitrogen and oxygen atoms in total. The molecule has 0 unspecified atom stereocenters. The first-order valence-corrected chi connectivity index (χ1v) is 21.6. The molecule has 8 aromatic rings. The first-order chi connectivity index (χ1) is 31.2. The molecule has 61 heavy (non-hydrogen) atoms. The summed E-state index contributed by atoms with van der Waals surface area (Å²) in [5.74, 6) is 0.820. The zero-order valence-corrected chi connectivity index (χ0v) is 37.8. The van der Waals surface area contributed by atoms with Gasteiger partial charge >= 0.3 is 0 Å². The van der Waals surface area contributed by atoms with Crippen molar-refractivity contribution in [1.29, 1.82) is 0 Å². The third-order valence-corrected chi connectivity index (χ3v) is 10.7. The van der Waals surface area contributed by atoms with E-state index in [0.29, 0.717) is 45.4 Å². The quantitative estimate of drug-likeness (QED) is 0.0965. The third-order valence-electron chi connectivity index (χ3n) is 10.7. The highest BCUT2D eigenvalue weighted by molar-refractivity contribution is 6.09. The Morgan fingerprint density at radius 3 is 2.02 bits per heavy atom. The first kappa shape index (κ1) is 34.9. The summed E-state index contributed by atoms with van der Waals surface area (Å²) >= 11 is 0. The van der Waals surface area contributed by atoms with Crippen molar-refractivity contribution < 1.29 is 17.5 Å². The zero-order valence-electron chi connectivity index (χ0n) is 43.8. The number of para-hydroxylation sites is 2. The van der Waals surface area contributed by atoms with Crippen LogP contribution in [0, 0.1) is 24.1 Å². The topological polar surface area (TPSA) is 48.8 Å². The molecule has 8 rings (SSSR count). The second kappa shape index (κ2) is 16.3. The predicted octanol–water partition coefficient (Wildman–Crippen LogP) is 13.6. The highest BCUT2D eigenvalue weighted by Gasteiger charge is 2.25. The van der Waals surface area contributed by atoms with Crippen molar-refractivity contribution in [3.63, 3.8) is 0 Å². The maximum Gasteiger partial charge on any atom is 0.269 e. The molecule has 0 fully saturated rings. The van der Waals surface area contributed by atoms with Gasteiger partial charge < -0.3 is 4.74 Å². The van der Waals surface area contributed by atoms with Crippen LogP contribution in [0.3, 0.4) is 0 Å². The molecule has 0 saturated carbocycles. The molecule has 4 aromatic heterocycles. The van der Waals surface area contributed by atoms with Crippen molar-refractivity contribution in [2.45, 2.75) is 113 Å². The van der Waals surface area contributed by atoms with E-state index in [0.717, 1.165) is 38.5 Å². The van der Waals surface area contributed by atoms with Crippen molar-refractivity contribution in [2.75, 3.05) is 0 Å². The van der Waals surface area contributed by atoms with Gasteiger partial charge in [0, 0.05) is 42.9 Å². The van der Waals surface area contributed by atoms with Gasteiger partial charge in [-0.3, -0.25) is 18.7 Å². The van der Waals surface area contributed by atoms with Gasteiger partial charge in [-0.15, -0.1) is 0 Å². The average molecular weight is 816 g/mol. The molecule has 4 aromatic carbocycles. The van der Waals surface area contributed by atoms with E-state index in [1.54, 1.807) is 18.3 Å². The van der Waals surface area contributed by atoms with Crippen molar-refractivity contribution >= 4 is 32.8 Å². The Kier molecular flexibility index (Phi) is 9.31. The van der Waals surface area contributed by atoms with E-state index in [-0.39, 0.29) is 23.2 Å². The third kappa shape index (κ3) is 8.73. The lowest BCUT2D eigenvalue weighted by Crippen LogP contribution is -2.30. The number of rotatable bonds is 11. The fourth-order valence-electron chi connectivity index (χ4n) is 8.08. The van der Waals surface area contributed by atoms with Crippen molar-refractivity contribution in [3.8, 4) is 28.7 Å². The standard InChI is InChI=1S/C55H63N5O/c1-35(2)23-38-21-22-56-52(29-38)60-47-20-17-41(54(7,8)9)30-46(47)45-19-18-44(32-50(45)60)61-51-31-43(33-57-53(51)55(10,11)12)59-34-58(48-15-13-14-16-49(48)59)42-27-39(24-36(3)4)26-40(28-42)25-37(5)6/h13-22,26-33,35-37H,23-25H2,1-12H3/i23D2,24D2,25D2. The molecule has 0 bridgehead atoms. The number of ether oxygens (including phenoxy) is 1. The van der Waals surface area contributed by atoms with E-state index in [1.807, 2.05) is 118 Å². The van der Waals surface area contributed by atoms with Gasteiger partial charge in [-0.2, -0.15) is 0 Å². The van der Waals surface area contributed by atoms with Crippen molar-refractivity contribution in [1.82, 2.24) is 19.1 Å². The average Bonchev–Trinajstić information content (AvgIpc) is 3.81. The number of pyridine rings is 2. The number of imidazole rings is 1. The predicted molar refractivity (Wildman–Crippen MR) is 253 cm³/mol. The fourth-order valence-corrected chi connectivity index (χ4v) is 8.08. The summed E-state index contributed by atoms with van der Waals surface area (Å²) in [6.45, 7) is 24.1. The number of aromatic nitrogens is 5. The molecule has 0 aliphatic carbocycles.